The second-order valence-corrected chi connectivity index (χ2v) is 7.97. The maximum Gasteiger partial charge on any atom is 0.254 e. The number of rotatable bonds is 4. The number of likely N-dealkylation sites (N-methyl/N-ethyl adjacent to an activating group) is 1. The molecule has 2 atom stereocenters. The molecule has 0 saturated heterocycles. The second-order valence-electron chi connectivity index (χ2n) is 7.97. The second kappa shape index (κ2) is 7.89. The molecule has 1 aromatic heterocycles. The van der Waals surface area contributed by atoms with E-state index in [1.165, 1.54) is 0 Å². The molecule has 0 bridgehead atoms. The van der Waals surface area contributed by atoms with Crippen molar-refractivity contribution in [2.24, 2.45) is 0 Å². The Balaban J connectivity index is 1.57. The van der Waals surface area contributed by atoms with Gasteiger partial charge in [-0.25, -0.2) is 0 Å². The summed E-state index contributed by atoms with van der Waals surface area (Å²) >= 11 is 0. The van der Waals surface area contributed by atoms with Gasteiger partial charge in [0.1, 0.15) is 5.75 Å². The van der Waals surface area contributed by atoms with Crippen LogP contribution < -0.4 is 10.1 Å². The van der Waals surface area contributed by atoms with Crippen LogP contribution >= 0.6 is 0 Å². The van der Waals surface area contributed by atoms with Gasteiger partial charge in [-0.05, 0) is 53.6 Å². The van der Waals surface area contributed by atoms with E-state index in [0.717, 1.165) is 27.8 Å². The van der Waals surface area contributed by atoms with Crippen LogP contribution in [0.1, 0.15) is 33.4 Å². The number of aromatic amines is 1. The molecule has 0 radical (unpaired) electrons. The maximum absolute atomic E-state index is 13.7. The molecule has 0 aliphatic carbocycles. The predicted molar refractivity (Wildman–Crippen MR) is 124 cm³/mol. The summed E-state index contributed by atoms with van der Waals surface area (Å²) < 4.78 is 5.28. The maximum atomic E-state index is 13.7. The van der Waals surface area contributed by atoms with Crippen molar-refractivity contribution < 1.29 is 14.3 Å². The lowest BCUT2D eigenvalue weighted by atomic mass is 9.79. The molecule has 160 valence electrons. The standard InChI is InChI=1S/C26H23N3O3/c1-29-24(16-7-10-19(32-2)11-8-16)23(20-5-3-4-6-21(20)26(29)31)25(30)28-18-9-12-22-17(15-18)13-14-27-22/h3-15,23-24,27H,1-2H3,(H,28,30)/t23-,24-/m1/s1. The van der Waals surface area contributed by atoms with E-state index in [9.17, 15) is 9.59 Å². The third kappa shape index (κ3) is 3.30. The van der Waals surface area contributed by atoms with Gasteiger partial charge in [0.25, 0.3) is 5.91 Å². The summed E-state index contributed by atoms with van der Waals surface area (Å²) in [6.45, 7) is 0. The number of benzene rings is 3. The van der Waals surface area contributed by atoms with Gasteiger partial charge in [-0.15, -0.1) is 0 Å². The summed E-state index contributed by atoms with van der Waals surface area (Å²) in [6.07, 6.45) is 1.87. The van der Waals surface area contributed by atoms with Gasteiger partial charge in [0.05, 0.1) is 19.1 Å². The summed E-state index contributed by atoms with van der Waals surface area (Å²) in [7, 11) is 3.36. The lowest BCUT2D eigenvalue weighted by molar-refractivity contribution is -0.119. The molecule has 2 N–H and O–H groups in total. The van der Waals surface area contributed by atoms with Crippen molar-refractivity contribution in [2.75, 3.05) is 19.5 Å². The molecular formula is C26H23N3O3. The first-order valence-electron chi connectivity index (χ1n) is 10.4. The van der Waals surface area contributed by atoms with Gasteiger partial charge in [-0.2, -0.15) is 0 Å². The zero-order valence-corrected chi connectivity index (χ0v) is 17.8. The highest BCUT2D eigenvalue weighted by atomic mass is 16.5. The Bertz CT molecular complexity index is 1310. The summed E-state index contributed by atoms with van der Waals surface area (Å²) in [5.74, 6) is -0.101. The van der Waals surface area contributed by atoms with Crippen molar-refractivity contribution in [2.45, 2.75) is 12.0 Å². The van der Waals surface area contributed by atoms with E-state index in [0.29, 0.717) is 11.3 Å². The van der Waals surface area contributed by atoms with Gasteiger partial charge in [0.2, 0.25) is 5.91 Å². The number of hydrogen-bond acceptors (Lipinski definition) is 3. The number of methoxy groups -OCH3 is 1. The Morgan fingerprint density at radius 2 is 1.81 bits per heavy atom. The van der Waals surface area contributed by atoms with Crippen molar-refractivity contribution >= 4 is 28.4 Å². The lowest BCUT2D eigenvalue weighted by Gasteiger charge is -2.39. The number of ether oxygens (including phenoxy) is 1. The molecule has 4 aromatic rings. The third-order valence-electron chi connectivity index (χ3n) is 6.14. The smallest absolute Gasteiger partial charge is 0.254 e. The van der Waals surface area contributed by atoms with Crippen LogP contribution in [0.25, 0.3) is 10.9 Å². The fraction of sp³-hybridized carbons (Fsp3) is 0.154. The summed E-state index contributed by atoms with van der Waals surface area (Å²) in [5, 5.41) is 4.10. The molecule has 0 spiro atoms. The largest absolute Gasteiger partial charge is 0.497 e. The Kier molecular flexibility index (Phi) is 4.90. The van der Waals surface area contributed by atoms with Crippen LogP contribution in [-0.4, -0.2) is 35.9 Å². The van der Waals surface area contributed by atoms with Crippen LogP contribution in [0.3, 0.4) is 0 Å². The molecule has 2 heterocycles. The molecule has 0 saturated carbocycles. The molecule has 1 aliphatic rings. The molecule has 2 amide bonds. The highest BCUT2D eigenvalue weighted by Gasteiger charge is 2.42. The van der Waals surface area contributed by atoms with E-state index < -0.39 is 12.0 Å². The van der Waals surface area contributed by atoms with Gasteiger partial charge in [0.15, 0.2) is 0 Å². The number of carbonyl (C=O) groups is 2. The first-order chi connectivity index (χ1) is 15.6. The number of nitrogens with one attached hydrogen (secondary N) is 2. The van der Waals surface area contributed by atoms with Crippen molar-refractivity contribution in [3.05, 3.63) is 95.7 Å². The molecule has 0 unspecified atom stereocenters. The zero-order valence-electron chi connectivity index (χ0n) is 17.8. The SMILES string of the molecule is COc1ccc([C@@H]2[C@H](C(=O)Nc3ccc4[nH]ccc4c3)c3ccccc3C(=O)N2C)cc1. The molecule has 5 rings (SSSR count). The van der Waals surface area contributed by atoms with Gasteiger partial charge in [0, 0.05) is 35.4 Å². The Morgan fingerprint density at radius 1 is 1.03 bits per heavy atom. The number of aromatic nitrogens is 1. The molecule has 6 heteroatoms. The minimum atomic E-state index is -0.566. The number of carbonyl (C=O) groups excluding carboxylic acids is 2. The monoisotopic (exact) mass is 425 g/mol. The Labute approximate surface area is 185 Å². The molecular weight excluding hydrogens is 402 g/mol. The molecule has 6 nitrogen and oxygen atoms in total. The van der Waals surface area contributed by atoms with Gasteiger partial charge in [-0.1, -0.05) is 30.3 Å². The molecule has 1 aliphatic heterocycles. The van der Waals surface area contributed by atoms with Crippen LogP contribution in [0.15, 0.2) is 79.0 Å². The summed E-state index contributed by atoms with van der Waals surface area (Å²) in [5.41, 5.74) is 3.88. The third-order valence-corrected chi connectivity index (χ3v) is 6.14. The average Bonchev–Trinajstić information content (AvgIpc) is 3.29. The van der Waals surface area contributed by atoms with Crippen LogP contribution in [0.5, 0.6) is 5.75 Å². The Morgan fingerprint density at radius 3 is 2.59 bits per heavy atom. The topological polar surface area (TPSA) is 74.4 Å². The Hall–Kier alpha value is -4.06. The van der Waals surface area contributed by atoms with Crippen LogP contribution in [-0.2, 0) is 4.79 Å². The van der Waals surface area contributed by atoms with E-state index in [-0.39, 0.29) is 11.8 Å². The van der Waals surface area contributed by atoms with Crippen molar-refractivity contribution in [3.8, 4) is 5.75 Å². The summed E-state index contributed by atoms with van der Waals surface area (Å²) in [4.78, 5) is 31.6. The minimum absolute atomic E-state index is 0.0980. The van der Waals surface area contributed by atoms with E-state index in [4.69, 9.17) is 4.74 Å². The number of fused-ring (bicyclic) bond motifs is 2. The van der Waals surface area contributed by atoms with E-state index in [2.05, 4.69) is 10.3 Å². The quantitative estimate of drug-likeness (QED) is 0.497. The van der Waals surface area contributed by atoms with Crippen LogP contribution in [0.2, 0.25) is 0 Å². The highest BCUT2D eigenvalue weighted by molar-refractivity contribution is 6.04. The normalized spacial score (nSPS) is 17.8. The van der Waals surface area contributed by atoms with Crippen LogP contribution in [0, 0.1) is 0 Å². The first-order valence-corrected chi connectivity index (χ1v) is 10.4. The van der Waals surface area contributed by atoms with Crippen LogP contribution in [0.4, 0.5) is 5.69 Å². The van der Waals surface area contributed by atoms with Gasteiger partial charge < -0.3 is 19.9 Å². The number of anilines is 1. The van der Waals surface area contributed by atoms with Gasteiger partial charge in [-0.3, -0.25) is 9.59 Å². The predicted octanol–water partition coefficient (Wildman–Crippen LogP) is 4.73. The van der Waals surface area contributed by atoms with E-state index >= 15 is 0 Å². The van der Waals surface area contributed by atoms with Crippen molar-refractivity contribution in [3.63, 3.8) is 0 Å². The van der Waals surface area contributed by atoms with Crippen molar-refractivity contribution in [1.82, 2.24) is 9.88 Å². The molecule has 32 heavy (non-hydrogen) atoms. The number of nitrogens with zero attached hydrogens (tertiary/aromatic N) is 1. The van der Waals surface area contributed by atoms with E-state index in [1.807, 2.05) is 72.9 Å². The fourth-order valence-electron chi connectivity index (χ4n) is 4.53. The lowest BCUT2D eigenvalue weighted by Crippen LogP contribution is -2.44. The van der Waals surface area contributed by atoms with Gasteiger partial charge >= 0.3 is 0 Å². The highest BCUT2D eigenvalue weighted by Crippen LogP contribution is 2.42. The van der Waals surface area contributed by atoms with E-state index in [1.54, 1.807) is 25.1 Å². The zero-order chi connectivity index (χ0) is 22.2. The van der Waals surface area contributed by atoms with Crippen molar-refractivity contribution in [1.29, 1.82) is 0 Å². The number of hydrogen-bond donors (Lipinski definition) is 2. The number of amides is 2. The first kappa shape index (κ1) is 19.9. The summed E-state index contributed by atoms with van der Waals surface area (Å²) in [6, 6.07) is 22.1. The number of H-pyrrole nitrogens is 1. The average molecular weight is 425 g/mol. The minimum Gasteiger partial charge on any atom is -0.497 e. The molecule has 3 aromatic carbocycles. The molecule has 0 fully saturated rings. The fourth-order valence-corrected chi connectivity index (χ4v) is 4.53.